The molecule has 0 unspecified atom stereocenters. The second-order valence-electron chi connectivity index (χ2n) is 3.35. The van der Waals surface area contributed by atoms with E-state index in [1.54, 1.807) is 19.1 Å². The van der Waals surface area contributed by atoms with E-state index in [-0.39, 0.29) is 35.9 Å². The van der Waals surface area contributed by atoms with Gasteiger partial charge >= 0.3 is 5.97 Å². The van der Waals surface area contributed by atoms with Crippen LogP contribution in [0.4, 0.5) is 5.69 Å². The maximum Gasteiger partial charge on any atom is 0.340 e. The van der Waals surface area contributed by atoms with E-state index >= 15 is 0 Å². The van der Waals surface area contributed by atoms with Crippen molar-refractivity contribution in [2.75, 3.05) is 18.2 Å². The first-order chi connectivity index (χ1) is 8.11. The molecule has 0 radical (unpaired) electrons. The number of Topliss-reactive ketones (excluding diaryl/α,β-unsaturated/α-hetero) is 1. The first-order valence-corrected chi connectivity index (χ1v) is 5.80. The van der Waals surface area contributed by atoms with E-state index in [1.165, 1.54) is 6.07 Å². The van der Waals surface area contributed by atoms with Crippen molar-refractivity contribution in [1.29, 1.82) is 0 Å². The fraction of sp³-hybridized carbons (Fsp3) is 0.333. The molecule has 1 aromatic carbocycles. The molecule has 0 fully saturated rings. The van der Waals surface area contributed by atoms with Crippen molar-refractivity contribution in [3.8, 4) is 0 Å². The predicted octanol–water partition coefficient (Wildman–Crippen LogP) is 2.26. The molecule has 0 amide bonds. The third-order valence-corrected chi connectivity index (χ3v) is 2.41. The number of ketones is 1. The normalized spacial score (nSPS) is 10.0. The Morgan fingerprint density at radius 2 is 2.00 bits per heavy atom. The van der Waals surface area contributed by atoms with Crippen LogP contribution in [0.5, 0.6) is 0 Å². The maximum atomic E-state index is 11.7. The van der Waals surface area contributed by atoms with Crippen molar-refractivity contribution >= 4 is 29.0 Å². The summed E-state index contributed by atoms with van der Waals surface area (Å²) >= 11 is 5.50. The van der Waals surface area contributed by atoms with Crippen molar-refractivity contribution in [3.63, 3.8) is 0 Å². The molecule has 5 heteroatoms. The number of hydrogen-bond acceptors (Lipinski definition) is 4. The zero-order chi connectivity index (χ0) is 12.8. The molecule has 92 valence electrons. The number of benzene rings is 1. The molecule has 1 rings (SSSR count). The monoisotopic (exact) mass is 255 g/mol. The molecule has 0 aliphatic heterocycles. The van der Waals surface area contributed by atoms with Gasteiger partial charge in [-0.1, -0.05) is 6.07 Å². The van der Waals surface area contributed by atoms with Gasteiger partial charge in [0.2, 0.25) is 0 Å². The first kappa shape index (κ1) is 13.5. The molecule has 0 heterocycles. The van der Waals surface area contributed by atoms with Crippen molar-refractivity contribution in [1.82, 2.24) is 0 Å². The van der Waals surface area contributed by atoms with Crippen molar-refractivity contribution in [2.45, 2.75) is 13.3 Å². The van der Waals surface area contributed by atoms with Crippen LogP contribution >= 0.6 is 11.6 Å². The minimum atomic E-state index is -0.523. The third kappa shape index (κ3) is 3.20. The highest BCUT2D eigenvalue weighted by Crippen LogP contribution is 2.20. The van der Waals surface area contributed by atoms with Crippen LogP contribution < -0.4 is 5.73 Å². The van der Waals surface area contributed by atoms with Gasteiger partial charge < -0.3 is 10.5 Å². The number of rotatable bonds is 5. The van der Waals surface area contributed by atoms with Gasteiger partial charge in [0, 0.05) is 17.9 Å². The second-order valence-corrected chi connectivity index (χ2v) is 3.73. The number of anilines is 1. The molecule has 0 saturated heterocycles. The SMILES string of the molecule is CCOC(=O)c1cccc(C(=O)CCCl)c1N. The molecular formula is C12H14ClNO3. The Balaban J connectivity index is 3.07. The van der Waals surface area contributed by atoms with Gasteiger partial charge in [-0.05, 0) is 19.1 Å². The van der Waals surface area contributed by atoms with Crippen molar-refractivity contribution < 1.29 is 14.3 Å². The number of esters is 1. The van der Waals surface area contributed by atoms with Crippen LogP contribution in [0.3, 0.4) is 0 Å². The number of nitrogens with two attached hydrogens (primary N) is 1. The molecule has 0 aromatic heterocycles. The lowest BCUT2D eigenvalue weighted by molar-refractivity contribution is 0.0527. The summed E-state index contributed by atoms with van der Waals surface area (Å²) in [4.78, 5) is 23.2. The highest BCUT2D eigenvalue weighted by atomic mass is 35.5. The number of carbonyl (C=O) groups excluding carboxylic acids is 2. The summed E-state index contributed by atoms with van der Waals surface area (Å²) in [6.07, 6.45) is 0.192. The standard InChI is InChI=1S/C12H14ClNO3/c1-2-17-12(16)9-5-3-4-8(11(9)14)10(15)6-7-13/h3-5H,2,6-7,14H2,1H3. The van der Waals surface area contributed by atoms with Gasteiger partial charge in [0.15, 0.2) is 5.78 Å². The first-order valence-electron chi connectivity index (χ1n) is 5.26. The Hall–Kier alpha value is -1.55. The minimum absolute atomic E-state index is 0.154. The van der Waals surface area contributed by atoms with Gasteiger partial charge in [0.1, 0.15) is 0 Å². The number of halogens is 1. The topological polar surface area (TPSA) is 69.4 Å². The average molecular weight is 256 g/mol. The van der Waals surface area contributed by atoms with E-state index in [0.717, 1.165) is 0 Å². The van der Waals surface area contributed by atoms with Crippen LogP contribution in [0.15, 0.2) is 18.2 Å². The lowest BCUT2D eigenvalue weighted by Crippen LogP contribution is -2.12. The van der Waals surface area contributed by atoms with Crippen LogP contribution in [-0.2, 0) is 4.74 Å². The van der Waals surface area contributed by atoms with Gasteiger partial charge in [-0.25, -0.2) is 4.79 Å². The summed E-state index contributed by atoms with van der Waals surface area (Å²) in [5.41, 5.74) is 6.47. The number of carbonyl (C=O) groups is 2. The zero-order valence-electron chi connectivity index (χ0n) is 9.53. The number of ether oxygens (including phenoxy) is 1. The molecule has 1 aromatic rings. The quantitative estimate of drug-likeness (QED) is 0.379. The summed E-state index contributed by atoms with van der Waals surface area (Å²) in [6.45, 7) is 1.97. The van der Waals surface area contributed by atoms with E-state index in [9.17, 15) is 9.59 Å². The Bertz CT molecular complexity index is 396. The van der Waals surface area contributed by atoms with Crippen LogP contribution in [0.1, 0.15) is 34.1 Å². The molecule has 2 N–H and O–H groups in total. The Kier molecular flexibility index (Phi) is 4.97. The molecule has 0 aliphatic carbocycles. The lowest BCUT2D eigenvalue weighted by Gasteiger charge is -2.08. The number of alkyl halides is 1. The summed E-state index contributed by atoms with van der Waals surface area (Å²) in [6, 6.07) is 4.71. The van der Waals surface area contributed by atoms with E-state index in [2.05, 4.69) is 0 Å². The van der Waals surface area contributed by atoms with Crippen LogP contribution in [-0.4, -0.2) is 24.2 Å². The zero-order valence-corrected chi connectivity index (χ0v) is 10.3. The van der Waals surface area contributed by atoms with Gasteiger partial charge in [-0.15, -0.1) is 11.6 Å². The van der Waals surface area contributed by atoms with E-state index in [4.69, 9.17) is 22.1 Å². The van der Waals surface area contributed by atoms with Crippen molar-refractivity contribution in [3.05, 3.63) is 29.3 Å². The Morgan fingerprint density at radius 3 is 2.59 bits per heavy atom. The molecule has 17 heavy (non-hydrogen) atoms. The van der Waals surface area contributed by atoms with Crippen molar-refractivity contribution in [2.24, 2.45) is 0 Å². The number of hydrogen-bond donors (Lipinski definition) is 1. The maximum absolute atomic E-state index is 11.7. The summed E-state index contributed by atoms with van der Waals surface area (Å²) in [7, 11) is 0. The summed E-state index contributed by atoms with van der Waals surface area (Å²) < 4.78 is 4.85. The Morgan fingerprint density at radius 1 is 1.35 bits per heavy atom. The fourth-order valence-electron chi connectivity index (χ4n) is 1.42. The smallest absolute Gasteiger partial charge is 0.340 e. The largest absolute Gasteiger partial charge is 0.462 e. The highest BCUT2D eigenvalue weighted by Gasteiger charge is 2.16. The molecule has 0 spiro atoms. The fourth-order valence-corrected chi connectivity index (χ4v) is 1.59. The van der Waals surface area contributed by atoms with Gasteiger partial charge in [0.05, 0.1) is 17.9 Å². The van der Waals surface area contributed by atoms with Crippen LogP contribution in [0.2, 0.25) is 0 Å². The van der Waals surface area contributed by atoms with E-state index in [1.807, 2.05) is 0 Å². The van der Waals surface area contributed by atoms with Gasteiger partial charge in [-0.2, -0.15) is 0 Å². The molecular weight excluding hydrogens is 242 g/mol. The highest BCUT2D eigenvalue weighted by molar-refractivity contribution is 6.20. The number of nitrogen functional groups attached to an aromatic ring is 1. The molecule has 0 aliphatic rings. The Labute approximate surface area is 105 Å². The third-order valence-electron chi connectivity index (χ3n) is 2.22. The second kappa shape index (κ2) is 6.25. The van der Waals surface area contributed by atoms with Gasteiger partial charge in [-0.3, -0.25) is 4.79 Å². The number of para-hydroxylation sites is 1. The molecule has 0 saturated carbocycles. The van der Waals surface area contributed by atoms with Crippen LogP contribution in [0.25, 0.3) is 0 Å². The molecule has 0 bridgehead atoms. The average Bonchev–Trinajstić information content (AvgIpc) is 2.29. The molecule has 4 nitrogen and oxygen atoms in total. The van der Waals surface area contributed by atoms with E-state index in [0.29, 0.717) is 5.56 Å². The summed E-state index contributed by atoms with van der Waals surface area (Å²) in [5, 5.41) is 0. The molecule has 0 atom stereocenters. The van der Waals surface area contributed by atoms with Gasteiger partial charge in [0.25, 0.3) is 0 Å². The predicted molar refractivity (Wildman–Crippen MR) is 66.5 cm³/mol. The summed E-state index contributed by atoms with van der Waals surface area (Å²) in [5.74, 6) is -0.476. The van der Waals surface area contributed by atoms with Crippen LogP contribution in [0, 0.1) is 0 Å². The minimum Gasteiger partial charge on any atom is -0.462 e. The van der Waals surface area contributed by atoms with E-state index < -0.39 is 5.97 Å². The lowest BCUT2D eigenvalue weighted by atomic mass is 10.0.